The van der Waals surface area contributed by atoms with E-state index in [2.05, 4.69) is 10.3 Å². The van der Waals surface area contributed by atoms with Crippen LogP contribution in [0.15, 0.2) is 48.8 Å². The van der Waals surface area contributed by atoms with Crippen LogP contribution in [0.5, 0.6) is 0 Å². The fraction of sp³-hybridized carbons (Fsp3) is 0.0588. The molecule has 116 valence electrons. The lowest BCUT2D eigenvalue weighted by molar-refractivity contribution is 0.103. The molecule has 0 aliphatic rings. The van der Waals surface area contributed by atoms with E-state index in [1.54, 1.807) is 18.5 Å². The van der Waals surface area contributed by atoms with Gasteiger partial charge in [0, 0.05) is 23.3 Å². The minimum Gasteiger partial charge on any atom is -0.319 e. The zero-order chi connectivity index (χ0) is 16.4. The molecule has 0 spiro atoms. The van der Waals surface area contributed by atoms with Crippen molar-refractivity contribution in [3.05, 3.63) is 70.9 Å². The highest BCUT2D eigenvalue weighted by Gasteiger charge is 2.13. The summed E-state index contributed by atoms with van der Waals surface area (Å²) in [6, 6.07) is 8.42. The van der Waals surface area contributed by atoms with Crippen LogP contribution in [0, 0.1) is 18.6 Å². The molecule has 6 heteroatoms. The van der Waals surface area contributed by atoms with Crippen LogP contribution in [0.3, 0.4) is 0 Å². The molecule has 0 saturated carbocycles. The number of aryl methyl sites for hydroxylation is 1. The average molecular weight is 330 g/mol. The summed E-state index contributed by atoms with van der Waals surface area (Å²) in [5.74, 6) is -1.93. The molecule has 0 saturated heterocycles. The molecule has 23 heavy (non-hydrogen) atoms. The van der Waals surface area contributed by atoms with Gasteiger partial charge in [0.15, 0.2) is 0 Å². The number of benzene rings is 1. The number of aromatic nitrogens is 1. The van der Waals surface area contributed by atoms with Crippen molar-refractivity contribution in [1.29, 1.82) is 0 Å². The molecule has 0 aliphatic carbocycles. The first kappa shape index (κ1) is 15.3. The molecule has 0 unspecified atom stereocenters. The van der Waals surface area contributed by atoms with Crippen LogP contribution < -0.4 is 5.32 Å². The standard InChI is InChI=1S/C17H12F2N2OS/c1-10-9-20-7-6-12(10)15-4-5-16(23-15)17(22)21-14-3-2-11(18)8-13(14)19/h2-9H,1H3,(H,21,22). The lowest BCUT2D eigenvalue weighted by Gasteiger charge is -2.05. The SMILES string of the molecule is Cc1cnccc1-c1ccc(C(=O)Nc2ccc(F)cc2F)s1. The highest BCUT2D eigenvalue weighted by molar-refractivity contribution is 7.17. The zero-order valence-electron chi connectivity index (χ0n) is 12.1. The maximum absolute atomic E-state index is 13.6. The van der Waals surface area contributed by atoms with Crippen LogP contribution in [-0.2, 0) is 0 Å². The number of pyridine rings is 1. The van der Waals surface area contributed by atoms with Crippen LogP contribution >= 0.6 is 11.3 Å². The number of hydrogen-bond donors (Lipinski definition) is 1. The van der Waals surface area contributed by atoms with Gasteiger partial charge < -0.3 is 5.32 Å². The molecule has 0 aliphatic heterocycles. The Morgan fingerprint density at radius 2 is 2.00 bits per heavy atom. The first-order valence-electron chi connectivity index (χ1n) is 6.82. The van der Waals surface area contributed by atoms with Crippen molar-refractivity contribution < 1.29 is 13.6 Å². The third-order valence-corrected chi connectivity index (χ3v) is 4.41. The number of anilines is 1. The molecule has 0 atom stereocenters. The van der Waals surface area contributed by atoms with Gasteiger partial charge >= 0.3 is 0 Å². The highest BCUT2D eigenvalue weighted by atomic mass is 32.1. The van der Waals surface area contributed by atoms with Gasteiger partial charge in [0.2, 0.25) is 0 Å². The van der Waals surface area contributed by atoms with Crippen LogP contribution in [-0.4, -0.2) is 10.9 Å². The second-order valence-corrected chi connectivity index (χ2v) is 6.02. The summed E-state index contributed by atoms with van der Waals surface area (Å²) < 4.78 is 26.5. The van der Waals surface area contributed by atoms with Gasteiger partial charge in [-0.25, -0.2) is 8.78 Å². The monoisotopic (exact) mass is 330 g/mol. The van der Waals surface area contributed by atoms with Crippen molar-refractivity contribution in [2.75, 3.05) is 5.32 Å². The Bertz CT molecular complexity index is 877. The highest BCUT2D eigenvalue weighted by Crippen LogP contribution is 2.30. The zero-order valence-corrected chi connectivity index (χ0v) is 13.0. The van der Waals surface area contributed by atoms with E-state index in [9.17, 15) is 13.6 Å². The predicted octanol–water partition coefficient (Wildman–Crippen LogP) is 4.65. The van der Waals surface area contributed by atoms with Gasteiger partial charge in [-0.3, -0.25) is 9.78 Å². The molecule has 0 radical (unpaired) electrons. The van der Waals surface area contributed by atoms with E-state index in [0.29, 0.717) is 4.88 Å². The molecule has 3 nitrogen and oxygen atoms in total. The number of amides is 1. The number of thiophene rings is 1. The maximum Gasteiger partial charge on any atom is 0.265 e. The number of carbonyl (C=O) groups is 1. The largest absolute Gasteiger partial charge is 0.319 e. The first-order chi connectivity index (χ1) is 11.0. The Balaban J connectivity index is 1.83. The van der Waals surface area contributed by atoms with Crippen LogP contribution in [0.1, 0.15) is 15.2 Å². The lowest BCUT2D eigenvalue weighted by atomic mass is 10.1. The molecular formula is C17H12F2N2OS. The van der Waals surface area contributed by atoms with Gasteiger partial charge in [-0.1, -0.05) is 0 Å². The summed E-state index contributed by atoms with van der Waals surface area (Å²) in [7, 11) is 0. The van der Waals surface area contributed by atoms with Gasteiger partial charge in [-0.2, -0.15) is 0 Å². The molecule has 1 amide bonds. The average Bonchev–Trinajstić information content (AvgIpc) is 3.00. The van der Waals surface area contributed by atoms with E-state index in [1.807, 2.05) is 19.1 Å². The maximum atomic E-state index is 13.6. The summed E-state index contributed by atoms with van der Waals surface area (Å²) in [6.07, 6.45) is 3.44. The third kappa shape index (κ3) is 3.27. The van der Waals surface area contributed by atoms with Crippen molar-refractivity contribution in [1.82, 2.24) is 4.98 Å². The van der Waals surface area contributed by atoms with Crippen molar-refractivity contribution in [2.45, 2.75) is 6.92 Å². The van der Waals surface area contributed by atoms with Gasteiger partial charge in [0.1, 0.15) is 11.6 Å². The number of hydrogen-bond acceptors (Lipinski definition) is 3. The van der Waals surface area contributed by atoms with Crippen molar-refractivity contribution in [3.63, 3.8) is 0 Å². The van der Waals surface area contributed by atoms with Crippen molar-refractivity contribution in [3.8, 4) is 10.4 Å². The smallest absolute Gasteiger partial charge is 0.265 e. The minimum absolute atomic E-state index is 0.0496. The van der Waals surface area contributed by atoms with E-state index in [-0.39, 0.29) is 5.69 Å². The number of carbonyl (C=O) groups excluding carboxylic acids is 1. The topological polar surface area (TPSA) is 42.0 Å². The number of halogens is 2. The van der Waals surface area contributed by atoms with Crippen molar-refractivity contribution in [2.24, 2.45) is 0 Å². The summed E-state index contributed by atoms with van der Waals surface area (Å²) in [5.41, 5.74) is 1.95. The van der Waals surface area contributed by atoms with Crippen LogP contribution in [0.2, 0.25) is 0 Å². The summed E-state index contributed by atoms with van der Waals surface area (Å²) in [5, 5.41) is 2.45. The molecule has 1 aromatic carbocycles. The van der Waals surface area contributed by atoms with E-state index in [1.165, 1.54) is 17.4 Å². The quantitative estimate of drug-likeness (QED) is 0.759. The van der Waals surface area contributed by atoms with Gasteiger partial charge in [0.25, 0.3) is 5.91 Å². The molecule has 3 rings (SSSR count). The Labute approximate surface area is 135 Å². The molecular weight excluding hydrogens is 318 g/mol. The molecule has 3 aromatic rings. The number of rotatable bonds is 3. The lowest BCUT2D eigenvalue weighted by Crippen LogP contribution is -2.11. The van der Waals surface area contributed by atoms with E-state index >= 15 is 0 Å². The Kier molecular flexibility index (Phi) is 4.16. The summed E-state index contributed by atoms with van der Waals surface area (Å²) >= 11 is 1.30. The van der Waals surface area contributed by atoms with Gasteiger partial charge in [-0.15, -0.1) is 11.3 Å². The molecule has 2 heterocycles. The molecule has 1 N–H and O–H groups in total. The third-order valence-electron chi connectivity index (χ3n) is 3.29. The predicted molar refractivity (Wildman–Crippen MR) is 86.6 cm³/mol. The van der Waals surface area contributed by atoms with Gasteiger partial charge in [-0.05, 0) is 48.4 Å². The molecule has 2 aromatic heterocycles. The number of nitrogens with zero attached hydrogens (tertiary/aromatic N) is 1. The Hall–Kier alpha value is -2.60. The fourth-order valence-corrected chi connectivity index (χ4v) is 3.12. The normalized spacial score (nSPS) is 10.6. The van der Waals surface area contributed by atoms with E-state index in [4.69, 9.17) is 0 Å². The molecule has 0 bridgehead atoms. The summed E-state index contributed by atoms with van der Waals surface area (Å²) in [6.45, 7) is 1.94. The summed E-state index contributed by atoms with van der Waals surface area (Å²) in [4.78, 5) is 17.6. The second-order valence-electron chi connectivity index (χ2n) is 4.93. The van der Waals surface area contributed by atoms with E-state index < -0.39 is 17.5 Å². The van der Waals surface area contributed by atoms with Crippen LogP contribution in [0.25, 0.3) is 10.4 Å². The molecule has 0 fully saturated rings. The van der Waals surface area contributed by atoms with Crippen molar-refractivity contribution >= 4 is 22.9 Å². The van der Waals surface area contributed by atoms with E-state index in [0.717, 1.165) is 28.1 Å². The first-order valence-corrected chi connectivity index (χ1v) is 7.63. The minimum atomic E-state index is -0.805. The van der Waals surface area contributed by atoms with Gasteiger partial charge in [0.05, 0.1) is 10.6 Å². The Morgan fingerprint density at radius 1 is 1.17 bits per heavy atom. The number of nitrogens with one attached hydrogen (secondary N) is 1. The second kappa shape index (κ2) is 6.26. The Morgan fingerprint density at radius 3 is 2.74 bits per heavy atom. The fourth-order valence-electron chi connectivity index (χ4n) is 2.13. The van der Waals surface area contributed by atoms with Crippen LogP contribution in [0.4, 0.5) is 14.5 Å².